The van der Waals surface area contributed by atoms with Crippen LogP contribution in [0.2, 0.25) is 0 Å². The SMILES string of the molecule is O=C(c1ccc(F)cc1)N1CCCN([C@H]2Cc3ccccc3[C@@H]2O)CC1. The highest BCUT2D eigenvalue weighted by atomic mass is 19.1. The standard InChI is InChI=1S/C21H23FN2O2/c22-17-8-6-15(7-9-17)21(26)24-11-3-10-23(12-13-24)19-14-16-4-1-2-5-18(16)20(19)25/h1-2,4-9,19-20,25H,3,10-14H2/t19-,20-/m0/s1. The fourth-order valence-electron chi connectivity index (χ4n) is 4.13. The minimum absolute atomic E-state index is 0.0536. The summed E-state index contributed by atoms with van der Waals surface area (Å²) in [5.41, 5.74) is 2.77. The number of nitrogens with zero attached hydrogens (tertiary/aromatic N) is 2. The van der Waals surface area contributed by atoms with E-state index in [2.05, 4.69) is 11.0 Å². The molecule has 0 unspecified atom stereocenters. The second-order valence-electron chi connectivity index (χ2n) is 7.10. The Morgan fingerprint density at radius 1 is 1.00 bits per heavy atom. The average Bonchev–Trinajstić information content (AvgIpc) is 2.84. The van der Waals surface area contributed by atoms with E-state index in [4.69, 9.17) is 0 Å². The average molecular weight is 354 g/mol. The number of carbonyl (C=O) groups is 1. The molecule has 4 rings (SSSR count). The monoisotopic (exact) mass is 354 g/mol. The highest BCUT2D eigenvalue weighted by molar-refractivity contribution is 5.94. The van der Waals surface area contributed by atoms with E-state index in [9.17, 15) is 14.3 Å². The molecule has 0 saturated carbocycles. The summed E-state index contributed by atoms with van der Waals surface area (Å²) in [6.07, 6.45) is 1.25. The summed E-state index contributed by atoms with van der Waals surface area (Å²) in [6, 6.07) is 13.9. The molecule has 2 aromatic carbocycles. The Labute approximate surface area is 152 Å². The van der Waals surface area contributed by atoms with Gasteiger partial charge in [0.2, 0.25) is 0 Å². The molecule has 1 saturated heterocycles. The van der Waals surface area contributed by atoms with Crippen LogP contribution in [0.4, 0.5) is 4.39 Å². The van der Waals surface area contributed by atoms with E-state index in [-0.39, 0.29) is 17.8 Å². The van der Waals surface area contributed by atoms with Crippen molar-refractivity contribution in [1.29, 1.82) is 0 Å². The lowest BCUT2D eigenvalue weighted by Crippen LogP contribution is -2.41. The van der Waals surface area contributed by atoms with Gasteiger partial charge < -0.3 is 10.0 Å². The van der Waals surface area contributed by atoms with Crippen LogP contribution in [0.5, 0.6) is 0 Å². The summed E-state index contributed by atoms with van der Waals surface area (Å²) in [4.78, 5) is 16.8. The molecule has 0 aromatic heterocycles. The smallest absolute Gasteiger partial charge is 0.253 e. The number of amides is 1. The summed E-state index contributed by atoms with van der Waals surface area (Å²) in [5, 5.41) is 10.7. The largest absolute Gasteiger partial charge is 0.387 e. The highest BCUT2D eigenvalue weighted by Crippen LogP contribution is 2.34. The molecule has 2 aromatic rings. The molecule has 1 amide bonds. The van der Waals surface area contributed by atoms with E-state index in [1.165, 1.54) is 29.8 Å². The Kier molecular flexibility index (Phi) is 4.74. The maximum absolute atomic E-state index is 13.1. The van der Waals surface area contributed by atoms with Gasteiger partial charge >= 0.3 is 0 Å². The molecule has 2 atom stereocenters. The zero-order valence-electron chi connectivity index (χ0n) is 14.6. The number of aliphatic hydroxyl groups excluding tert-OH is 1. The van der Waals surface area contributed by atoms with Crippen molar-refractivity contribution in [1.82, 2.24) is 9.80 Å². The molecule has 1 heterocycles. The third kappa shape index (κ3) is 3.24. The van der Waals surface area contributed by atoms with Gasteiger partial charge in [0, 0.05) is 37.8 Å². The van der Waals surface area contributed by atoms with Gasteiger partial charge in [0.05, 0.1) is 6.10 Å². The Balaban J connectivity index is 1.43. The summed E-state index contributed by atoms with van der Waals surface area (Å²) in [5.74, 6) is -0.388. The van der Waals surface area contributed by atoms with Crippen molar-refractivity contribution in [2.45, 2.75) is 25.0 Å². The van der Waals surface area contributed by atoms with Gasteiger partial charge in [-0.25, -0.2) is 4.39 Å². The van der Waals surface area contributed by atoms with Crippen molar-refractivity contribution in [2.24, 2.45) is 0 Å². The van der Waals surface area contributed by atoms with E-state index in [0.717, 1.165) is 31.5 Å². The van der Waals surface area contributed by atoms with E-state index >= 15 is 0 Å². The quantitative estimate of drug-likeness (QED) is 0.902. The van der Waals surface area contributed by atoms with Crippen molar-refractivity contribution >= 4 is 5.91 Å². The van der Waals surface area contributed by atoms with Gasteiger partial charge in [0.15, 0.2) is 0 Å². The van der Waals surface area contributed by atoms with Crippen LogP contribution in [0.15, 0.2) is 48.5 Å². The molecule has 136 valence electrons. The number of halogens is 1. The van der Waals surface area contributed by atoms with Gasteiger partial charge in [-0.05, 0) is 48.2 Å². The topological polar surface area (TPSA) is 43.8 Å². The first kappa shape index (κ1) is 17.2. The zero-order valence-corrected chi connectivity index (χ0v) is 14.6. The van der Waals surface area contributed by atoms with E-state index in [1.807, 2.05) is 23.1 Å². The molecule has 26 heavy (non-hydrogen) atoms. The van der Waals surface area contributed by atoms with Crippen LogP contribution < -0.4 is 0 Å². The Morgan fingerprint density at radius 2 is 1.77 bits per heavy atom. The fraction of sp³-hybridized carbons (Fsp3) is 0.381. The van der Waals surface area contributed by atoms with Gasteiger partial charge in [-0.2, -0.15) is 0 Å². The molecule has 1 aliphatic carbocycles. The van der Waals surface area contributed by atoms with Crippen molar-refractivity contribution in [2.75, 3.05) is 26.2 Å². The van der Waals surface area contributed by atoms with Gasteiger partial charge in [0.1, 0.15) is 5.82 Å². The Bertz CT molecular complexity index is 793. The minimum atomic E-state index is -0.467. The summed E-state index contributed by atoms with van der Waals surface area (Å²) >= 11 is 0. The first-order valence-corrected chi connectivity index (χ1v) is 9.18. The predicted octanol–water partition coefficient (Wildman–Crippen LogP) is 2.63. The van der Waals surface area contributed by atoms with Gasteiger partial charge in [-0.3, -0.25) is 9.69 Å². The molecule has 1 fully saturated rings. The van der Waals surface area contributed by atoms with Crippen molar-refractivity contribution in [3.8, 4) is 0 Å². The molecular formula is C21H23FN2O2. The Hall–Kier alpha value is -2.24. The fourth-order valence-corrected chi connectivity index (χ4v) is 4.13. The molecule has 5 heteroatoms. The number of rotatable bonds is 2. The highest BCUT2D eigenvalue weighted by Gasteiger charge is 2.35. The number of benzene rings is 2. The molecular weight excluding hydrogens is 331 g/mol. The predicted molar refractivity (Wildman–Crippen MR) is 97.4 cm³/mol. The normalized spacial score (nSPS) is 23.5. The van der Waals surface area contributed by atoms with E-state index < -0.39 is 6.10 Å². The van der Waals surface area contributed by atoms with Gasteiger partial charge in [0.25, 0.3) is 5.91 Å². The number of hydrogen-bond donors (Lipinski definition) is 1. The summed E-state index contributed by atoms with van der Waals surface area (Å²) in [6.45, 7) is 2.91. The molecule has 0 bridgehead atoms. The number of carbonyl (C=O) groups excluding carboxylic acids is 1. The van der Waals surface area contributed by atoms with Crippen molar-refractivity contribution in [3.05, 3.63) is 71.0 Å². The van der Waals surface area contributed by atoms with Crippen LogP contribution in [0.25, 0.3) is 0 Å². The zero-order chi connectivity index (χ0) is 18.1. The lowest BCUT2D eigenvalue weighted by atomic mass is 10.1. The van der Waals surface area contributed by atoms with Crippen LogP contribution in [0, 0.1) is 5.82 Å². The first-order chi connectivity index (χ1) is 12.6. The van der Waals surface area contributed by atoms with Crippen LogP contribution in [-0.2, 0) is 6.42 Å². The van der Waals surface area contributed by atoms with E-state index in [0.29, 0.717) is 18.7 Å². The number of hydrogen-bond acceptors (Lipinski definition) is 3. The molecule has 2 aliphatic rings. The maximum Gasteiger partial charge on any atom is 0.253 e. The second kappa shape index (κ2) is 7.17. The molecule has 4 nitrogen and oxygen atoms in total. The first-order valence-electron chi connectivity index (χ1n) is 9.18. The lowest BCUT2D eigenvalue weighted by molar-refractivity contribution is 0.0605. The van der Waals surface area contributed by atoms with Gasteiger partial charge in [-0.15, -0.1) is 0 Å². The number of fused-ring (bicyclic) bond motifs is 1. The van der Waals surface area contributed by atoms with Crippen LogP contribution >= 0.6 is 0 Å². The third-order valence-electron chi connectivity index (χ3n) is 5.55. The molecule has 0 radical (unpaired) electrons. The minimum Gasteiger partial charge on any atom is -0.387 e. The van der Waals surface area contributed by atoms with Crippen LogP contribution in [-0.4, -0.2) is 53.0 Å². The maximum atomic E-state index is 13.1. The Morgan fingerprint density at radius 3 is 2.54 bits per heavy atom. The summed E-state index contributed by atoms with van der Waals surface area (Å²) < 4.78 is 13.1. The van der Waals surface area contributed by atoms with Crippen LogP contribution in [0.1, 0.15) is 34.0 Å². The number of aliphatic hydroxyl groups is 1. The second-order valence-corrected chi connectivity index (χ2v) is 7.10. The van der Waals surface area contributed by atoms with E-state index in [1.54, 1.807) is 0 Å². The molecule has 1 aliphatic heterocycles. The summed E-state index contributed by atoms with van der Waals surface area (Å²) in [7, 11) is 0. The van der Waals surface area contributed by atoms with Crippen molar-refractivity contribution in [3.63, 3.8) is 0 Å². The van der Waals surface area contributed by atoms with Crippen LogP contribution in [0.3, 0.4) is 0 Å². The molecule has 0 spiro atoms. The van der Waals surface area contributed by atoms with Gasteiger partial charge in [-0.1, -0.05) is 24.3 Å². The lowest BCUT2D eigenvalue weighted by Gasteiger charge is -2.30. The molecule has 1 N–H and O–H groups in total. The van der Waals surface area contributed by atoms with Crippen molar-refractivity contribution < 1.29 is 14.3 Å². The third-order valence-corrected chi connectivity index (χ3v) is 5.55.